The van der Waals surface area contributed by atoms with Gasteiger partial charge >= 0.3 is 0 Å². The summed E-state index contributed by atoms with van der Waals surface area (Å²) in [7, 11) is 0. The van der Waals surface area contributed by atoms with Gasteiger partial charge in [-0.15, -0.1) is 0 Å². The number of hydrogen-bond acceptors (Lipinski definition) is 3. The average Bonchev–Trinajstić information content (AvgIpc) is 3.32. The molecule has 2 unspecified atom stereocenters. The van der Waals surface area contributed by atoms with Crippen LogP contribution in [0.1, 0.15) is 309 Å². The van der Waals surface area contributed by atoms with E-state index >= 15 is 0 Å². The maximum absolute atomic E-state index is 12.5. The summed E-state index contributed by atoms with van der Waals surface area (Å²) in [6, 6.07) is -0.639. The van der Waals surface area contributed by atoms with E-state index in [0.717, 1.165) is 44.9 Å². The van der Waals surface area contributed by atoms with Gasteiger partial charge < -0.3 is 15.5 Å². The topological polar surface area (TPSA) is 69.6 Å². The Kier molecular flexibility index (Phi) is 55.7. The molecular formula is C62H115NO3. The molecule has 0 aliphatic carbocycles. The number of rotatable bonds is 54. The molecule has 0 rings (SSSR count). The third-order valence-corrected chi connectivity index (χ3v) is 13.5. The van der Waals surface area contributed by atoms with E-state index in [0.29, 0.717) is 6.42 Å². The molecule has 0 aromatic heterocycles. The zero-order valence-corrected chi connectivity index (χ0v) is 44.5. The van der Waals surface area contributed by atoms with Crippen molar-refractivity contribution in [2.45, 2.75) is 321 Å². The van der Waals surface area contributed by atoms with E-state index in [2.05, 4.69) is 67.8 Å². The first-order valence-corrected chi connectivity index (χ1v) is 29.5. The van der Waals surface area contributed by atoms with Crippen molar-refractivity contribution in [2.75, 3.05) is 6.61 Å². The second-order valence-electron chi connectivity index (χ2n) is 20.1. The van der Waals surface area contributed by atoms with Gasteiger partial charge in [-0.3, -0.25) is 4.79 Å². The summed E-state index contributed by atoms with van der Waals surface area (Å²) in [6.45, 7) is 4.30. The predicted octanol–water partition coefficient (Wildman–Crippen LogP) is 19.6. The Morgan fingerprint density at radius 3 is 0.985 bits per heavy atom. The van der Waals surface area contributed by atoms with Crippen LogP contribution in [-0.2, 0) is 4.79 Å². The molecule has 0 saturated carbocycles. The molecule has 4 heteroatoms. The van der Waals surface area contributed by atoms with Crippen molar-refractivity contribution in [3.05, 3.63) is 60.8 Å². The van der Waals surface area contributed by atoms with Gasteiger partial charge in [-0.05, 0) is 70.6 Å². The van der Waals surface area contributed by atoms with Crippen LogP contribution in [0.4, 0.5) is 0 Å². The van der Waals surface area contributed by atoms with Crippen LogP contribution in [0.3, 0.4) is 0 Å². The first-order chi connectivity index (χ1) is 32.7. The lowest BCUT2D eigenvalue weighted by Crippen LogP contribution is -2.45. The summed E-state index contributed by atoms with van der Waals surface area (Å²) >= 11 is 0. The standard InChI is InChI=1S/C62H115NO3/c1-3-5-7-9-11-13-15-17-19-21-22-23-24-25-26-27-28-29-30-31-32-33-34-35-36-37-38-39-40-42-44-46-48-50-52-54-56-58-62(66)63-60(59-64)61(65)57-55-53-51-49-47-45-43-41-20-18-16-14-12-10-8-6-4-2/h15,17,21-22,24-25,47,49,55,57,60-61,64-65H,3-14,16,18-20,23,26-46,48,50-54,56,58-59H2,1-2H3,(H,63,66)/b17-15-,22-21-,25-24-,49-47+,57-55+. The molecule has 3 N–H and O–H groups in total. The van der Waals surface area contributed by atoms with Crippen LogP contribution in [0, 0.1) is 0 Å². The summed E-state index contributed by atoms with van der Waals surface area (Å²) in [5.41, 5.74) is 0. The Hall–Kier alpha value is -1.91. The van der Waals surface area contributed by atoms with Gasteiger partial charge in [0.1, 0.15) is 0 Å². The largest absolute Gasteiger partial charge is 0.394 e. The number of hydrogen-bond donors (Lipinski definition) is 3. The minimum Gasteiger partial charge on any atom is -0.394 e. The predicted molar refractivity (Wildman–Crippen MR) is 294 cm³/mol. The molecule has 0 saturated heterocycles. The fourth-order valence-corrected chi connectivity index (χ4v) is 8.97. The molecule has 0 aliphatic rings. The minimum absolute atomic E-state index is 0.0701. The van der Waals surface area contributed by atoms with Crippen LogP contribution in [0.5, 0.6) is 0 Å². The Labute approximate surface area is 413 Å². The second-order valence-corrected chi connectivity index (χ2v) is 20.1. The Bertz CT molecular complexity index is 1090. The Morgan fingerprint density at radius 2 is 0.636 bits per heavy atom. The van der Waals surface area contributed by atoms with Crippen molar-refractivity contribution >= 4 is 5.91 Å². The summed E-state index contributed by atoms with van der Waals surface area (Å²) < 4.78 is 0. The van der Waals surface area contributed by atoms with Crippen molar-refractivity contribution < 1.29 is 15.0 Å². The van der Waals surface area contributed by atoms with Gasteiger partial charge in [0, 0.05) is 6.42 Å². The molecule has 0 aromatic carbocycles. The highest BCUT2D eigenvalue weighted by molar-refractivity contribution is 5.76. The van der Waals surface area contributed by atoms with Crippen molar-refractivity contribution in [3.8, 4) is 0 Å². The highest BCUT2D eigenvalue weighted by atomic mass is 16.3. The third-order valence-electron chi connectivity index (χ3n) is 13.5. The van der Waals surface area contributed by atoms with Gasteiger partial charge in [-0.25, -0.2) is 0 Å². The molecule has 386 valence electrons. The van der Waals surface area contributed by atoms with E-state index in [-0.39, 0.29) is 12.5 Å². The zero-order valence-electron chi connectivity index (χ0n) is 44.5. The molecule has 0 spiro atoms. The van der Waals surface area contributed by atoms with Gasteiger partial charge in [-0.2, -0.15) is 0 Å². The van der Waals surface area contributed by atoms with Crippen LogP contribution in [0.2, 0.25) is 0 Å². The third kappa shape index (κ3) is 53.1. The molecule has 1 amide bonds. The summed E-state index contributed by atoms with van der Waals surface area (Å²) in [4.78, 5) is 12.5. The Morgan fingerprint density at radius 1 is 0.364 bits per heavy atom. The summed E-state index contributed by atoms with van der Waals surface area (Å²) in [5, 5.41) is 23.1. The minimum atomic E-state index is -0.862. The normalized spacial score (nSPS) is 13.2. The molecular weight excluding hydrogens is 807 g/mol. The lowest BCUT2D eigenvalue weighted by Gasteiger charge is -2.19. The van der Waals surface area contributed by atoms with Gasteiger partial charge in [0.15, 0.2) is 0 Å². The van der Waals surface area contributed by atoms with E-state index in [1.54, 1.807) is 6.08 Å². The van der Waals surface area contributed by atoms with Crippen LogP contribution in [0.15, 0.2) is 60.8 Å². The van der Waals surface area contributed by atoms with E-state index < -0.39 is 12.1 Å². The van der Waals surface area contributed by atoms with E-state index in [4.69, 9.17) is 0 Å². The molecule has 0 aromatic rings. The van der Waals surface area contributed by atoms with Gasteiger partial charge in [0.2, 0.25) is 5.91 Å². The average molecular weight is 923 g/mol. The zero-order chi connectivity index (χ0) is 47.7. The van der Waals surface area contributed by atoms with Gasteiger partial charge in [-0.1, -0.05) is 293 Å². The molecule has 0 aliphatic heterocycles. The van der Waals surface area contributed by atoms with Crippen molar-refractivity contribution in [3.63, 3.8) is 0 Å². The molecule has 2 atom stereocenters. The number of carbonyl (C=O) groups is 1. The number of carbonyl (C=O) groups excluding carboxylic acids is 1. The molecule has 0 radical (unpaired) electrons. The van der Waals surface area contributed by atoms with Crippen LogP contribution in [-0.4, -0.2) is 34.9 Å². The fourth-order valence-electron chi connectivity index (χ4n) is 8.97. The highest BCUT2D eigenvalue weighted by Gasteiger charge is 2.18. The van der Waals surface area contributed by atoms with Crippen LogP contribution < -0.4 is 5.32 Å². The maximum atomic E-state index is 12.5. The highest BCUT2D eigenvalue weighted by Crippen LogP contribution is 2.17. The molecule has 0 bridgehead atoms. The lowest BCUT2D eigenvalue weighted by atomic mass is 10.0. The monoisotopic (exact) mass is 922 g/mol. The molecule has 66 heavy (non-hydrogen) atoms. The maximum Gasteiger partial charge on any atom is 0.220 e. The number of aliphatic hydroxyl groups excluding tert-OH is 2. The molecule has 0 fully saturated rings. The quantitative estimate of drug-likeness (QED) is 0.0420. The SMILES string of the molecule is CCCCCCC/C=C\C/C=C\C/C=C\CCCCCCCCCCCCCCCCCCCCCCCCC(=O)NC(CO)C(O)/C=C/CC/C=C/CCCCCCCCCCCCC. The smallest absolute Gasteiger partial charge is 0.220 e. The van der Waals surface area contributed by atoms with Crippen molar-refractivity contribution in [2.24, 2.45) is 0 Å². The Balaban J connectivity index is 3.45. The van der Waals surface area contributed by atoms with Gasteiger partial charge in [0.25, 0.3) is 0 Å². The van der Waals surface area contributed by atoms with E-state index in [1.165, 1.54) is 244 Å². The summed E-state index contributed by atoms with van der Waals surface area (Å²) in [6.07, 6.45) is 81.2. The number of aliphatic hydroxyl groups is 2. The number of unbranched alkanes of at least 4 members (excludes halogenated alkanes) is 39. The fraction of sp³-hybridized carbons (Fsp3) is 0.823. The van der Waals surface area contributed by atoms with Crippen LogP contribution >= 0.6 is 0 Å². The van der Waals surface area contributed by atoms with Crippen molar-refractivity contribution in [1.82, 2.24) is 5.32 Å². The van der Waals surface area contributed by atoms with Crippen molar-refractivity contribution in [1.29, 1.82) is 0 Å². The van der Waals surface area contributed by atoms with E-state index in [9.17, 15) is 15.0 Å². The molecule has 0 heterocycles. The van der Waals surface area contributed by atoms with Gasteiger partial charge in [0.05, 0.1) is 18.8 Å². The number of nitrogens with one attached hydrogen (secondary N) is 1. The first kappa shape index (κ1) is 64.1. The van der Waals surface area contributed by atoms with E-state index in [1.807, 2.05) is 6.08 Å². The molecule has 4 nitrogen and oxygen atoms in total. The lowest BCUT2D eigenvalue weighted by molar-refractivity contribution is -0.123. The number of amides is 1. The number of allylic oxidation sites excluding steroid dienone is 9. The second kappa shape index (κ2) is 57.4. The summed E-state index contributed by atoms with van der Waals surface area (Å²) in [5.74, 6) is -0.0701. The first-order valence-electron chi connectivity index (χ1n) is 29.5. The van der Waals surface area contributed by atoms with Crippen LogP contribution in [0.25, 0.3) is 0 Å².